The molecule has 17 heavy (non-hydrogen) atoms. The molecule has 1 heterocycles. The van der Waals surface area contributed by atoms with E-state index in [-0.39, 0.29) is 5.56 Å². The zero-order valence-corrected chi connectivity index (χ0v) is 9.19. The molecular weight excluding hydrogens is 226 g/mol. The zero-order valence-electron chi connectivity index (χ0n) is 9.19. The number of amides is 1. The lowest BCUT2D eigenvalue weighted by Gasteiger charge is -2.20. The molecule has 1 amide bonds. The number of nitrogens with one attached hydrogen (secondary N) is 1. The van der Waals surface area contributed by atoms with Gasteiger partial charge in [0.2, 0.25) is 6.41 Å². The van der Waals surface area contributed by atoms with Crippen LogP contribution in [0.25, 0.3) is 0 Å². The van der Waals surface area contributed by atoms with Crippen LogP contribution in [0.2, 0.25) is 0 Å². The fourth-order valence-electron chi connectivity index (χ4n) is 1.55. The third-order valence-electron chi connectivity index (χ3n) is 2.30. The summed E-state index contributed by atoms with van der Waals surface area (Å²) in [5.74, 6) is 0.410. The van der Waals surface area contributed by atoms with Gasteiger partial charge in [-0.05, 0) is 0 Å². The molecule has 1 aromatic rings. The van der Waals surface area contributed by atoms with Crippen LogP contribution in [0.4, 0.5) is 5.69 Å². The number of fused-ring (bicyclic) bond motifs is 1. The van der Waals surface area contributed by atoms with Gasteiger partial charge < -0.3 is 19.5 Å². The van der Waals surface area contributed by atoms with Crippen molar-refractivity contribution in [1.82, 2.24) is 0 Å². The normalized spacial score (nSPS) is 12.8. The van der Waals surface area contributed by atoms with Crippen molar-refractivity contribution in [1.29, 1.82) is 0 Å². The second-order valence-electron chi connectivity index (χ2n) is 3.30. The molecule has 1 aromatic carbocycles. The summed E-state index contributed by atoms with van der Waals surface area (Å²) in [6.07, 6.45) is 0.484. The Labute approximate surface area is 97.5 Å². The number of methoxy groups -OCH3 is 1. The van der Waals surface area contributed by atoms with Crippen molar-refractivity contribution >= 4 is 18.1 Å². The van der Waals surface area contributed by atoms with Gasteiger partial charge in [0.25, 0.3) is 0 Å². The number of carbonyl (C=O) groups is 2. The lowest BCUT2D eigenvalue weighted by molar-refractivity contribution is -0.105. The molecular formula is C11H11NO5. The van der Waals surface area contributed by atoms with E-state index >= 15 is 0 Å². The van der Waals surface area contributed by atoms with E-state index in [1.54, 1.807) is 0 Å². The Morgan fingerprint density at radius 2 is 2.00 bits per heavy atom. The summed E-state index contributed by atoms with van der Waals surface area (Å²) < 4.78 is 15.3. The zero-order chi connectivity index (χ0) is 12.3. The maximum Gasteiger partial charge on any atom is 0.340 e. The summed E-state index contributed by atoms with van der Waals surface area (Å²) in [7, 11) is 1.27. The van der Waals surface area contributed by atoms with Gasteiger partial charge in [0.15, 0.2) is 11.5 Å². The maximum absolute atomic E-state index is 11.5. The number of benzene rings is 1. The fraction of sp³-hybridized carbons (Fsp3) is 0.273. The SMILES string of the molecule is COC(=O)c1cc2c(cc1NC=O)OCCO2. The van der Waals surface area contributed by atoms with Crippen LogP contribution in [0.1, 0.15) is 10.4 Å². The maximum atomic E-state index is 11.5. The summed E-state index contributed by atoms with van der Waals surface area (Å²) in [4.78, 5) is 22.0. The van der Waals surface area contributed by atoms with Gasteiger partial charge in [-0.3, -0.25) is 4.79 Å². The lowest BCUT2D eigenvalue weighted by atomic mass is 10.1. The van der Waals surface area contributed by atoms with E-state index in [0.717, 1.165) is 0 Å². The van der Waals surface area contributed by atoms with Gasteiger partial charge >= 0.3 is 5.97 Å². The van der Waals surface area contributed by atoms with Crippen LogP contribution in [0.5, 0.6) is 11.5 Å². The van der Waals surface area contributed by atoms with Gasteiger partial charge in [0.1, 0.15) is 13.2 Å². The number of esters is 1. The Morgan fingerprint density at radius 3 is 2.59 bits per heavy atom. The molecule has 0 atom stereocenters. The van der Waals surface area contributed by atoms with E-state index in [1.165, 1.54) is 19.2 Å². The Kier molecular flexibility index (Phi) is 3.13. The Bertz CT molecular complexity index is 457. The number of hydrogen-bond donors (Lipinski definition) is 1. The van der Waals surface area contributed by atoms with Crippen molar-refractivity contribution in [2.75, 3.05) is 25.6 Å². The number of hydrogen-bond acceptors (Lipinski definition) is 5. The first-order valence-corrected chi connectivity index (χ1v) is 4.98. The van der Waals surface area contributed by atoms with E-state index < -0.39 is 5.97 Å². The van der Waals surface area contributed by atoms with Crippen molar-refractivity contribution in [2.24, 2.45) is 0 Å². The molecule has 0 radical (unpaired) electrons. The third kappa shape index (κ3) is 2.15. The van der Waals surface area contributed by atoms with Crippen LogP contribution in [0, 0.1) is 0 Å². The van der Waals surface area contributed by atoms with Crippen molar-refractivity contribution in [3.8, 4) is 11.5 Å². The first kappa shape index (κ1) is 11.3. The van der Waals surface area contributed by atoms with Gasteiger partial charge in [0.05, 0.1) is 18.4 Å². The Hall–Kier alpha value is -2.24. The van der Waals surface area contributed by atoms with E-state index in [1.807, 2.05) is 0 Å². The average Bonchev–Trinajstić information content (AvgIpc) is 2.37. The van der Waals surface area contributed by atoms with Crippen molar-refractivity contribution in [2.45, 2.75) is 0 Å². The van der Waals surface area contributed by atoms with Gasteiger partial charge in [-0.2, -0.15) is 0 Å². The molecule has 0 spiro atoms. The molecule has 0 fully saturated rings. The molecule has 0 saturated heterocycles. The van der Waals surface area contributed by atoms with Crippen molar-refractivity contribution in [3.05, 3.63) is 17.7 Å². The first-order valence-electron chi connectivity index (χ1n) is 4.98. The summed E-state index contributed by atoms with van der Waals surface area (Å²) in [6, 6.07) is 3.03. The number of rotatable bonds is 3. The number of ether oxygens (including phenoxy) is 3. The van der Waals surface area contributed by atoms with Gasteiger partial charge in [0, 0.05) is 12.1 Å². The molecule has 0 aliphatic carbocycles. The van der Waals surface area contributed by atoms with Crippen molar-refractivity contribution < 1.29 is 23.8 Å². The third-order valence-corrected chi connectivity index (χ3v) is 2.30. The topological polar surface area (TPSA) is 73.9 Å². The van der Waals surface area contributed by atoms with Crippen LogP contribution in [0.3, 0.4) is 0 Å². The summed E-state index contributed by atoms with van der Waals surface area (Å²) >= 11 is 0. The molecule has 1 aliphatic heterocycles. The number of anilines is 1. The van der Waals surface area contributed by atoms with Gasteiger partial charge in [-0.15, -0.1) is 0 Å². The first-order chi connectivity index (χ1) is 8.26. The molecule has 1 N–H and O–H groups in total. The summed E-state index contributed by atoms with van der Waals surface area (Å²) in [5, 5.41) is 2.42. The Balaban J connectivity index is 2.47. The quantitative estimate of drug-likeness (QED) is 0.622. The molecule has 0 aromatic heterocycles. The van der Waals surface area contributed by atoms with Crippen LogP contribution in [-0.2, 0) is 9.53 Å². The van der Waals surface area contributed by atoms with Gasteiger partial charge in [-0.25, -0.2) is 4.79 Å². The van der Waals surface area contributed by atoms with Crippen LogP contribution < -0.4 is 14.8 Å². The highest BCUT2D eigenvalue weighted by atomic mass is 16.6. The second-order valence-corrected chi connectivity index (χ2v) is 3.30. The van der Waals surface area contributed by atoms with E-state index in [9.17, 15) is 9.59 Å². The lowest BCUT2D eigenvalue weighted by Crippen LogP contribution is -2.17. The van der Waals surface area contributed by atoms with Crippen LogP contribution in [-0.4, -0.2) is 32.7 Å². The highest BCUT2D eigenvalue weighted by Gasteiger charge is 2.19. The molecule has 1 aliphatic rings. The molecule has 0 bridgehead atoms. The predicted octanol–water partition coefficient (Wildman–Crippen LogP) is 0.813. The van der Waals surface area contributed by atoms with E-state index in [2.05, 4.69) is 10.1 Å². The smallest absolute Gasteiger partial charge is 0.340 e. The summed E-state index contributed by atoms with van der Waals surface area (Å²) in [6.45, 7) is 0.860. The molecule has 0 unspecified atom stereocenters. The van der Waals surface area contributed by atoms with E-state index in [0.29, 0.717) is 36.8 Å². The molecule has 90 valence electrons. The molecule has 2 rings (SSSR count). The van der Waals surface area contributed by atoms with Crippen molar-refractivity contribution in [3.63, 3.8) is 0 Å². The minimum atomic E-state index is -0.550. The number of carbonyl (C=O) groups excluding carboxylic acids is 2. The molecule has 6 nitrogen and oxygen atoms in total. The molecule has 0 saturated carbocycles. The second kappa shape index (κ2) is 4.73. The standard InChI is InChI=1S/C11H11NO5/c1-15-11(14)7-4-9-10(17-3-2-16-9)5-8(7)12-6-13/h4-6H,2-3H2,1H3,(H,12,13). The van der Waals surface area contributed by atoms with Crippen LogP contribution in [0.15, 0.2) is 12.1 Å². The van der Waals surface area contributed by atoms with Crippen LogP contribution >= 0.6 is 0 Å². The fourth-order valence-corrected chi connectivity index (χ4v) is 1.55. The minimum absolute atomic E-state index is 0.226. The minimum Gasteiger partial charge on any atom is -0.486 e. The van der Waals surface area contributed by atoms with Gasteiger partial charge in [-0.1, -0.05) is 0 Å². The molecule has 6 heteroatoms. The Morgan fingerprint density at radius 1 is 1.35 bits per heavy atom. The van der Waals surface area contributed by atoms with E-state index in [4.69, 9.17) is 9.47 Å². The monoisotopic (exact) mass is 237 g/mol. The predicted molar refractivity (Wildman–Crippen MR) is 58.5 cm³/mol. The highest BCUT2D eigenvalue weighted by molar-refractivity contribution is 5.98. The highest BCUT2D eigenvalue weighted by Crippen LogP contribution is 2.35. The summed E-state index contributed by atoms with van der Waals surface area (Å²) in [5.41, 5.74) is 0.556. The largest absolute Gasteiger partial charge is 0.486 e. The average molecular weight is 237 g/mol.